The summed E-state index contributed by atoms with van der Waals surface area (Å²) in [5, 5.41) is 9.32. The standard InChI is InChI=1S/C26H28N4O2/c1-3-17-16-30(12-11-24(17)32-21-6-4-5-19(13-21)18-7-8-18)23-14-25(31)29(2)22-10-9-20(15-27)28-26(22)23/h4-6,9-10,13-14,17-18,24H,3,7-8,11-12,16H2,1-2H3. The molecule has 2 unspecified atom stereocenters. The second-order valence-corrected chi connectivity index (χ2v) is 9.01. The number of hydrogen-bond donors (Lipinski definition) is 0. The van der Waals surface area contributed by atoms with Crippen LogP contribution in [-0.4, -0.2) is 28.7 Å². The molecule has 1 aliphatic heterocycles. The van der Waals surface area contributed by atoms with Crippen molar-refractivity contribution in [2.75, 3.05) is 18.0 Å². The maximum atomic E-state index is 12.6. The number of benzene rings is 1. The van der Waals surface area contributed by atoms with Gasteiger partial charge in [0.05, 0.1) is 11.2 Å². The van der Waals surface area contributed by atoms with E-state index in [1.807, 2.05) is 6.07 Å². The predicted molar refractivity (Wildman–Crippen MR) is 125 cm³/mol. The molecule has 5 rings (SSSR count). The topological polar surface area (TPSA) is 71.2 Å². The van der Waals surface area contributed by atoms with Crippen molar-refractivity contribution in [2.45, 2.75) is 44.6 Å². The lowest BCUT2D eigenvalue weighted by molar-refractivity contribution is 0.109. The van der Waals surface area contributed by atoms with Crippen LogP contribution in [0.2, 0.25) is 0 Å². The molecule has 0 spiro atoms. The summed E-state index contributed by atoms with van der Waals surface area (Å²) in [5.74, 6) is 2.01. The van der Waals surface area contributed by atoms with Gasteiger partial charge < -0.3 is 14.2 Å². The molecule has 1 aromatic carbocycles. The number of hydrogen-bond acceptors (Lipinski definition) is 5. The van der Waals surface area contributed by atoms with Gasteiger partial charge in [0.15, 0.2) is 0 Å². The summed E-state index contributed by atoms with van der Waals surface area (Å²) in [5.41, 5.74) is 3.94. The molecule has 1 saturated heterocycles. The van der Waals surface area contributed by atoms with E-state index >= 15 is 0 Å². The largest absolute Gasteiger partial charge is 0.490 e. The van der Waals surface area contributed by atoms with E-state index in [9.17, 15) is 10.1 Å². The number of rotatable bonds is 5. The molecule has 6 heteroatoms. The van der Waals surface area contributed by atoms with Crippen LogP contribution in [0, 0.1) is 17.2 Å². The van der Waals surface area contributed by atoms with Crippen LogP contribution in [0.25, 0.3) is 11.0 Å². The maximum absolute atomic E-state index is 12.6. The Morgan fingerprint density at radius 3 is 2.78 bits per heavy atom. The highest BCUT2D eigenvalue weighted by Crippen LogP contribution is 2.41. The molecule has 2 fully saturated rings. The molecule has 2 aromatic heterocycles. The van der Waals surface area contributed by atoms with Crippen LogP contribution in [0.3, 0.4) is 0 Å². The predicted octanol–water partition coefficient (Wildman–Crippen LogP) is 4.37. The Hall–Kier alpha value is -3.33. The fourth-order valence-electron chi connectivity index (χ4n) is 4.83. The van der Waals surface area contributed by atoms with E-state index in [4.69, 9.17) is 4.74 Å². The number of aromatic nitrogens is 2. The first-order valence-corrected chi connectivity index (χ1v) is 11.5. The van der Waals surface area contributed by atoms with Gasteiger partial charge in [-0.1, -0.05) is 19.1 Å². The SMILES string of the molecule is CCC1CN(c2cc(=O)n(C)c3ccc(C#N)nc23)CCC1Oc1cccc(C2CC2)c1. The normalized spacial score (nSPS) is 20.8. The lowest BCUT2D eigenvalue weighted by Gasteiger charge is -2.39. The lowest BCUT2D eigenvalue weighted by atomic mass is 9.91. The average Bonchev–Trinajstić information content (AvgIpc) is 3.67. The van der Waals surface area contributed by atoms with E-state index < -0.39 is 0 Å². The van der Waals surface area contributed by atoms with Crippen LogP contribution in [0.1, 0.15) is 49.8 Å². The minimum atomic E-state index is -0.0673. The minimum absolute atomic E-state index is 0.0673. The van der Waals surface area contributed by atoms with Crippen LogP contribution in [0.5, 0.6) is 5.75 Å². The fourth-order valence-corrected chi connectivity index (χ4v) is 4.83. The third-order valence-corrected chi connectivity index (χ3v) is 6.91. The Kier molecular flexibility index (Phi) is 5.34. The van der Waals surface area contributed by atoms with Gasteiger partial charge in [-0.2, -0.15) is 5.26 Å². The minimum Gasteiger partial charge on any atom is -0.490 e. The average molecular weight is 429 g/mol. The van der Waals surface area contributed by atoms with E-state index in [1.54, 1.807) is 23.7 Å². The van der Waals surface area contributed by atoms with Crippen LogP contribution in [0.15, 0.2) is 47.3 Å². The first kappa shape index (κ1) is 20.6. The molecule has 32 heavy (non-hydrogen) atoms. The van der Waals surface area contributed by atoms with Gasteiger partial charge in [-0.05, 0) is 55.0 Å². The third-order valence-electron chi connectivity index (χ3n) is 6.91. The molecule has 2 aliphatic rings. The maximum Gasteiger partial charge on any atom is 0.252 e. The van der Waals surface area contributed by atoms with E-state index in [-0.39, 0.29) is 11.7 Å². The van der Waals surface area contributed by atoms with Crippen molar-refractivity contribution in [1.29, 1.82) is 5.26 Å². The number of nitriles is 1. The Labute approximate surface area is 188 Å². The van der Waals surface area contributed by atoms with Crippen molar-refractivity contribution >= 4 is 16.7 Å². The highest BCUT2D eigenvalue weighted by molar-refractivity contribution is 5.88. The number of ether oxygens (including phenoxy) is 1. The van der Waals surface area contributed by atoms with E-state index in [2.05, 4.69) is 47.1 Å². The number of aryl methyl sites for hydroxylation is 1. The molecule has 0 radical (unpaired) electrons. The summed E-state index contributed by atoms with van der Waals surface area (Å²) in [6.07, 6.45) is 4.58. The fraction of sp³-hybridized carbons (Fsp3) is 0.423. The van der Waals surface area contributed by atoms with Gasteiger partial charge in [-0.3, -0.25) is 4.79 Å². The summed E-state index contributed by atoms with van der Waals surface area (Å²) >= 11 is 0. The Balaban J connectivity index is 1.41. The highest BCUT2D eigenvalue weighted by Gasteiger charge is 2.31. The summed E-state index contributed by atoms with van der Waals surface area (Å²) in [6.45, 7) is 3.77. The highest BCUT2D eigenvalue weighted by atomic mass is 16.5. The molecule has 0 N–H and O–H groups in total. The summed E-state index contributed by atoms with van der Waals surface area (Å²) in [6, 6.07) is 15.8. The number of fused-ring (bicyclic) bond motifs is 1. The Bertz CT molecular complexity index is 1250. The smallest absolute Gasteiger partial charge is 0.252 e. The quantitative estimate of drug-likeness (QED) is 0.604. The first-order chi connectivity index (χ1) is 15.6. The van der Waals surface area contributed by atoms with Gasteiger partial charge in [-0.25, -0.2) is 4.98 Å². The van der Waals surface area contributed by atoms with Crippen molar-refractivity contribution in [3.8, 4) is 11.8 Å². The second-order valence-electron chi connectivity index (χ2n) is 9.01. The summed E-state index contributed by atoms with van der Waals surface area (Å²) in [7, 11) is 1.74. The number of nitrogens with zero attached hydrogens (tertiary/aromatic N) is 4. The molecule has 3 aromatic rings. The van der Waals surface area contributed by atoms with Crippen molar-refractivity contribution in [2.24, 2.45) is 13.0 Å². The van der Waals surface area contributed by atoms with E-state index in [1.165, 1.54) is 18.4 Å². The molecule has 1 aliphatic carbocycles. The monoisotopic (exact) mass is 428 g/mol. The van der Waals surface area contributed by atoms with Gasteiger partial charge in [0.25, 0.3) is 5.56 Å². The third kappa shape index (κ3) is 3.84. The number of pyridine rings is 2. The van der Waals surface area contributed by atoms with Crippen LogP contribution in [0.4, 0.5) is 5.69 Å². The Morgan fingerprint density at radius 1 is 1.19 bits per heavy atom. The van der Waals surface area contributed by atoms with Crippen molar-refractivity contribution < 1.29 is 4.74 Å². The van der Waals surface area contributed by atoms with Crippen LogP contribution >= 0.6 is 0 Å². The van der Waals surface area contributed by atoms with Crippen LogP contribution in [-0.2, 0) is 7.05 Å². The van der Waals surface area contributed by atoms with Gasteiger partial charge in [-0.15, -0.1) is 0 Å². The van der Waals surface area contributed by atoms with Gasteiger partial charge in [0.1, 0.15) is 29.1 Å². The molecule has 0 amide bonds. The second kappa shape index (κ2) is 8.31. The molecule has 3 heterocycles. The number of piperidine rings is 1. The molecule has 6 nitrogen and oxygen atoms in total. The molecular weight excluding hydrogens is 400 g/mol. The van der Waals surface area contributed by atoms with Gasteiger partial charge >= 0.3 is 0 Å². The van der Waals surface area contributed by atoms with Crippen molar-refractivity contribution in [3.63, 3.8) is 0 Å². The Morgan fingerprint density at radius 2 is 2.03 bits per heavy atom. The van der Waals surface area contributed by atoms with Crippen molar-refractivity contribution in [3.05, 3.63) is 64.1 Å². The van der Waals surface area contributed by atoms with Gasteiger partial charge in [0.2, 0.25) is 0 Å². The molecule has 2 atom stereocenters. The van der Waals surface area contributed by atoms with E-state index in [0.29, 0.717) is 23.0 Å². The van der Waals surface area contributed by atoms with E-state index in [0.717, 1.165) is 42.9 Å². The number of anilines is 1. The zero-order valence-corrected chi connectivity index (χ0v) is 18.6. The zero-order chi connectivity index (χ0) is 22.2. The van der Waals surface area contributed by atoms with Crippen LogP contribution < -0.4 is 15.2 Å². The zero-order valence-electron chi connectivity index (χ0n) is 18.6. The van der Waals surface area contributed by atoms with Crippen molar-refractivity contribution in [1.82, 2.24) is 9.55 Å². The molecule has 0 bridgehead atoms. The molecule has 164 valence electrons. The van der Waals surface area contributed by atoms with Gasteiger partial charge in [0, 0.05) is 38.5 Å². The molecule has 1 saturated carbocycles. The first-order valence-electron chi connectivity index (χ1n) is 11.5. The summed E-state index contributed by atoms with van der Waals surface area (Å²) in [4.78, 5) is 19.4. The summed E-state index contributed by atoms with van der Waals surface area (Å²) < 4.78 is 8.07. The molecular formula is C26H28N4O2. The lowest BCUT2D eigenvalue weighted by Crippen LogP contribution is -2.46.